The summed E-state index contributed by atoms with van der Waals surface area (Å²) in [4.78, 5) is 39.8. The van der Waals surface area contributed by atoms with Crippen LogP contribution in [-0.2, 0) is 9.59 Å². The van der Waals surface area contributed by atoms with E-state index in [9.17, 15) is 14.4 Å². The van der Waals surface area contributed by atoms with Gasteiger partial charge in [-0.15, -0.1) is 0 Å². The van der Waals surface area contributed by atoms with E-state index < -0.39 is 6.04 Å². The van der Waals surface area contributed by atoms with Gasteiger partial charge in [-0.2, -0.15) is 0 Å². The van der Waals surface area contributed by atoms with E-state index in [2.05, 4.69) is 5.32 Å². The molecule has 2 aromatic rings. The Bertz CT molecular complexity index is 859. The first-order chi connectivity index (χ1) is 12.4. The van der Waals surface area contributed by atoms with Gasteiger partial charge in [0.05, 0.1) is 12.1 Å². The lowest BCUT2D eigenvalue weighted by molar-refractivity contribution is -0.121. The van der Waals surface area contributed by atoms with Gasteiger partial charge in [0.2, 0.25) is 5.91 Å². The standard InChI is InChI=1S/C20H21N3O3/c1-13-6-4-5-7-17(13)23-18(24)12-16(20(23)26)21-15-10-8-14(9-11-15)19(25)22(2)3/h4-11,16,21H,12H2,1-3H3/t16-/m0/s1. The molecule has 134 valence electrons. The quantitative estimate of drug-likeness (QED) is 0.859. The van der Waals surface area contributed by atoms with Crippen LogP contribution in [0.25, 0.3) is 0 Å². The second kappa shape index (κ2) is 7.00. The molecule has 0 bridgehead atoms. The Morgan fingerprint density at radius 2 is 1.73 bits per heavy atom. The number of para-hydroxylation sites is 1. The first-order valence-corrected chi connectivity index (χ1v) is 8.39. The van der Waals surface area contributed by atoms with Gasteiger partial charge in [0, 0.05) is 25.3 Å². The molecule has 3 amide bonds. The number of nitrogens with one attached hydrogen (secondary N) is 1. The minimum Gasteiger partial charge on any atom is -0.373 e. The number of anilines is 2. The lowest BCUT2D eigenvalue weighted by Gasteiger charge is -2.18. The fraction of sp³-hybridized carbons (Fsp3) is 0.250. The average molecular weight is 351 g/mol. The van der Waals surface area contributed by atoms with Crippen LogP contribution in [0.2, 0.25) is 0 Å². The van der Waals surface area contributed by atoms with Crippen molar-refractivity contribution in [3.8, 4) is 0 Å². The zero-order valence-corrected chi connectivity index (χ0v) is 15.0. The van der Waals surface area contributed by atoms with Crippen molar-refractivity contribution < 1.29 is 14.4 Å². The first-order valence-electron chi connectivity index (χ1n) is 8.39. The van der Waals surface area contributed by atoms with E-state index in [-0.39, 0.29) is 24.1 Å². The highest BCUT2D eigenvalue weighted by molar-refractivity contribution is 6.23. The molecule has 6 heteroatoms. The molecule has 1 fully saturated rings. The van der Waals surface area contributed by atoms with Crippen molar-refractivity contribution in [2.24, 2.45) is 0 Å². The molecule has 26 heavy (non-hydrogen) atoms. The zero-order chi connectivity index (χ0) is 18.8. The number of carbonyl (C=O) groups excluding carboxylic acids is 3. The third-order valence-corrected chi connectivity index (χ3v) is 4.38. The Labute approximate surface area is 152 Å². The predicted molar refractivity (Wildman–Crippen MR) is 100 cm³/mol. The van der Waals surface area contributed by atoms with Crippen LogP contribution in [0.1, 0.15) is 22.3 Å². The highest BCUT2D eigenvalue weighted by Crippen LogP contribution is 2.27. The van der Waals surface area contributed by atoms with Crippen molar-refractivity contribution in [1.29, 1.82) is 0 Å². The topological polar surface area (TPSA) is 69.7 Å². The third kappa shape index (κ3) is 3.31. The first kappa shape index (κ1) is 17.7. The molecule has 1 aliphatic rings. The second-order valence-electron chi connectivity index (χ2n) is 6.53. The number of amides is 3. The molecule has 1 heterocycles. The van der Waals surface area contributed by atoms with E-state index >= 15 is 0 Å². The maximum atomic E-state index is 12.7. The minimum absolute atomic E-state index is 0.0885. The van der Waals surface area contributed by atoms with Crippen LogP contribution < -0.4 is 10.2 Å². The van der Waals surface area contributed by atoms with Crippen LogP contribution in [0.3, 0.4) is 0 Å². The van der Waals surface area contributed by atoms with Gasteiger partial charge in [-0.1, -0.05) is 18.2 Å². The summed E-state index contributed by atoms with van der Waals surface area (Å²) in [6, 6.07) is 13.6. The van der Waals surface area contributed by atoms with Crippen LogP contribution in [0, 0.1) is 6.92 Å². The number of rotatable bonds is 4. The molecule has 0 saturated carbocycles. The molecule has 1 saturated heterocycles. The van der Waals surface area contributed by atoms with E-state index in [1.165, 1.54) is 9.80 Å². The zero-order valence-electron chi connectivity index (χ0n) is 15.0. The molecule has 0 aliphatic carbocycles. The van der Waals surface area contributed by atoms with Crippen LogP contribution in [-0.4, -0.2) is 42.8 Å². The van der Waals surface area contributed by atoms with Gasteiger partial charge in [-0.3, -0.25) is 14.4 Å². The molecular formula is C20H21N3O3. The van der Waals surface area contributed by atoms with Crippen molar-refractivity contribution >= 4 is 29.1 Å². The fourth-order valence-electron chi connectivity index (χ4n) is 2.98. The molecular weight excluding hydrogens is 330 g/mol. The van der Waals surface area contributed by atoms with E-state index in [4.69, 9.17) is 0 Å². The number of benzene rings is 2. The van der Waals surface area contributed by atoms with E-state index in [1.807, 2.05) is 25.1 Å². The molecule has 1 aliphatic heterocycles. The Hall–Kier alpha value is -3.15. The number of carbonyl (C=O) groups is 3. The SMILES string of the molecule is Cc1ccccc1N1C(=O)C[C@H](Nc2ccc(C(=O)N(C)C)cc2)C1=O. The second-order valence-corrected chi connectivity index (χ2v) is 6.53. The summed E-state index contributed by atoms with van der Waals surface area (Å²) in [5.41, 5.74) is 2.76. The van der Waals surface area contributed by atoms with Gasteiger partial charge in [0.25, 0.3) is 11.8 Å². The molecule has 1 atom stereocenters. The molecule has 0 unspecified atom stereocenters. The van der Waals surface area contributed by atoms with Crippen molar-refractivity contribution in [2.75, 3.05) is 24.3 Å². The largest absolute Gasteiger partial charge is 0.373 e. The van der Waals surface area contributed by atoms with Crippen LogP contribution in [0.15, 0.2) is 48.5 Å². The molecule has 3 rings (SSSR count). The lowest BCUT2D eigenvalue weighted by atomic mass is 10.1. The number of hydrogen-bond acceptors (Lipinski definition) is 4. The number of hydrogen-bond donors (Lipinski definition) is 1. The van der Waals surface area contributed by atoms with Gasteiger partial charge in [0.15, 0.2) is 0 Å². The Morgan fingerprint density at radius 1 is 1.08 bits per heavy atom. The van der Waals surface area contributed by atoms with Crippen molar-refractivity contribution in [2.45, 2.75) is 19.4 Å². The molecule has 0 spiro atoms. The average Bonchev–Trinajstić information content (AvgIpc) is 2.89. The van der Waals surface area contributed by atoms with E-state index in [0.717, 1.165) is 5.56 Å². The van der Waals surface area contributed by atoms with Gasteiger partial charge in [0.1, 0.15) is 6.04 Å². The normalized spacial score (nSPS) is 16.7. The van der Waals surface area contributed by atoms with Crippen molar-refractivity contribution in [3.63, 3.8) is 0 Å². The lowest BCUT2D eigenvalue weighted by Crippen LogP contribution is -2.35. The fourth-order valence-corrected chi connectivity index (χ4v) is 2.98. The number of nitrogens with zero attached hydrogens (tertiary/aromatic N) is 2. The maximum absolute atomic E-state index is 12.7. The summed E-state index contributed by atoms with van der Waals surface area (Å²) < 4.78 is 0. The van der Waals surface area contributed by atoms with Gasteiger partial charge in [-0.05, 0) is 42.8 Å². The summed E-state index contributed by atoms with van der Waals surface area (Å²) in [7, 11) is 3.38. The van der Waals surface area contributed by atoms with Crippen LogP contribution in [0.5, 0.6) is 0 Å². The van der Waals surface area contributed by atoms with Crippen molar-refractivity contribution in [3.05, 3.63) is 59.7 Å². The predicted octanol–water partition coefficient (Wildman–Crippen LogP) is 2.44. The summed E-state index contributed by atoms with van der Waals surface area (Å²) in [5, 5.41) is 3.10. The molecule has 0 radical (unpaired) electrons. The number of imide groups is 1. The number of aryl methyl sites for hydroxylation is 1. The Morgan fingerprint density at radius 3 is 2.35 bits per heavy atom. The van der Waals surface area contributed by atoms with Gasteiger partial charge >= 0.3 is 0 Å². The molecule has 0 aromatic heterocycles. The Balaban J connectivity index is 1.75. The van der Waals surface area contributed by atoms with Crippen molar-refractivity contribution in [1.82, 2.24) is 4.90 Å². The molecule has 1 N–H and O–H groups in total. The summed E-state index contributed by atoms with van der Waals surface area (Å²) in [5.74, 6) is -0.576. The smallest absolute Gasteiger partial charge is 0.256 e. The highest BCUT2D eigenvalue weighted by atomic mass is 16.2. The highest BCUT2D eigenvalue weighted by Gasteiger charge is 2.40. The minimum atomic E-state index is -0.613. The van der Waals surface area contributed by atoms with Crippen LogP contribution >= 0.6 is 0 Å². The summed E-state index contributed by atoms with van der Waals surface area (Å²) in [6.07, 6.45) is 0.103. The summed E-state index contributed by atoms with van der Waals surface area (Å²) in [6.45, 7) is 1.87. The monoisotopic (exact) mass is 351 g/mol. The van der Waals surface area contributed by atoms with Crippen LogP contribution in [0.4, 0.5) is 11.4 Å². The van der Waals surface area contributed by atoms with Gasteiger partial charge < -0.3 is 10.2 Å². The van der Waals surface area contributed by atoms with E-state index in [1.54, 1.807) is 44.4 Å². The maximum Gasteiger partial charge on any atom is 0.256 e. The third-order valence-electron chi connectivity index (χ3n) is 4.38. The summed E-state index contributed by atoms with van der Waals surface area (Å²) >= 11 is 0. The Kier molecular flexibility index (Phi) is 4.75. The molecule has 2 aromatic carbocycles. The molecule has 6 nitrogen and oxygen atoms in total. The van der Waals surface area contributed by atoms with Gasteiger partial charge in [-0.25, -0.2) is 4.90 Å². The van der Waals surface area contributed by atoms with E-state index in [0.29, 0.717) is 16.9 Å².